The number of anilines is 1. The summed E-state index contributed by atoms with van der Waals surface area (Å²) < 4.78 is 1.15. The molecule has 1 N–H and O–H groups in total. The van der Waals surface area contributed by atoms with E-state index in [1.807, 2.05) is 6.07 Å². The molecule has 1 aromatic carbocycles. The third-order valence-electron chi connectivity index (χ3n) is 3.70. The summed E-state index contributed by atoms with van der Waals surface area (Å²) in [5, 5.41) is 4.66. The van der Waals surface area contributed by atoms with Crippen molar-refractivity contribution in [2.75, 3.05) is 11.9 Å². The molecule has 3 nitrogen and oxygen atoms in total. The molecule has 5 heteroatoms. The fourth-order valence-corrected chi connectivity index (χ4v) is 3.60. The summed E-state index contributed by atoms with van der Waals surface area (Å²) in [6.07, 6.45) is 2.65. The van der Waals surface area contributed by atoms with Gasteiger partial charge in [0.1, 0.15) is 0 Å². The maximum Gasteiger partial charge on any atom is 0.185 e. The molecule has 0 saturated heterocycles. The van der Waals surface area contributed by atoms with Gasteiger partial charge in [0.2, 0.25) is 0 Å². The maximum atomic E-state index is 4.72. The predicted octanol–water partition coefficient (Wildman–Crippen LogP) is 4.10. The van der Waals surface area contributed by atoms with Gasteiger partial charge in [-0.2, -0.15) is 0 Å². The lowest BCUT2D eigenvalue weighted by Crippen LogP contribution is -2.16. The number of nitrogens with one attached hydrogen (secondary N) is 1. The number of aromatic nitrogens is 1. The predicted molar refractivity (Wildman–Crippen MR) is 93.0 cm³/mol. The van der Waals surface area contributed by atoms with Crippen LogP contribution in [0.4, 0.5) is 5.13 Å². The number of thiazole rings is 1. The molecule has 1 aliphatic carbocycles. The lowest BCUT2D eigenvalue weighted by molar-refractivity contribution is 0.691. The van der Waals surface area contributed by atoms with E-state index in [4.69, 9.17) is 4.98 Å². The molecule has 112 valence electrons. The first kappa shape index (κ1) is 15.0. The minimum Gasteiger partial charge on any atom is -0.347 e. The van der Waals surface area contributed by atoms with Crippen LogP contribution < -0.4 is 10.2 Å². The van der Waals surface area contributed by atoms with Crippen molar-refractivity contribution in [2.45, 2.75) is 38.9 Å². The van der Waals surface area contributed by atoms with Gasteiger partial charge in [-0.3, -0.25) is 0 Å². The Morgan fingerprint density at radius 3 is 2.86 bits per heavy atom. The summed E-state index contributed by atoms with van der Waals surface area (Å²) in [6, 6.07) is 9.10. The first-order valence-electron chi connectivity index (χ1n) is 7.27. The lowest BCUT2D eigenvalue weighted by atomic mass is 10.2. The molecule has 1 aliphatic rings. The van der Waals surface area contributed by atoms with Crippen LogP contribution in [0.3, 0.4) is 0 Å². The van der Waals surface area contributed by atoms with Crippen LogP contribution in [0.25, 0.3) is 0 Å². The van der Waals surface area contributed by atoms with Crippen LogP contribution in [-0.4, -0.2) is 18.1 Å². The third-order valence-corrected chi connectivity index (χ3v) is 5.75. The Balaban J connectivity index is 1.67. The highest BCUT2D eigenvalue weighted by Gasteiger charge is 2.21. The van der Waals surface area contributed by atoms with E-state index in [2.05, 4.69) is 58.3 Å². The fraction of sp³-hybridized carbons (Fsp3) is 0.438. The Bertz CT molecular complexity index is 622. The highest BCUT2D eigenvalue weighted by molar-refractivity contribution is 9.10. The van der Waals surface area contributed by atoms with E-state index in [-0.39, 0.29) is 0 Å². The van der Waals surface area contributed by atoms with Gasteiger partial charge in [-0.25, -0.2) is 4.98 Å². The number of halogens is 1. The van der Waals surface area contributed by atoms with E-state index in [0.717, 1.165) is 34.4 Å². The molecule has 0 atom stereocenters. The monoisotopic (exact) mass is 365 g/mol. The van der Waals surface area contributed by atoms with Crippen LogP contribution in [0.15, 0.2) is 28.7 Å². The largest absolute Gasteiger partial charge is 0.347 e. The van der Waals surface area contributed by atoms with Gasteiger partial charge in [0, 0.05) is 35.5 Å². The molecule has 0 radical (unpaired) electrons. The van der Waals surface area contributed by atoms with E-state index in [0.29, 0.717) is 0 Å². The van der Waals surface area contributed by atoms with Crippen molar-refractivity contribution in [3.05, 3.63) is 44.9 Å². The second-order valence-corrected chi connectivity index (χ2v) is 7.52. The highest BCUT2D eigenvalue weighted by Crippen LogP contribution is 2.28. The summed E-state index contributed by atoms with van der Waals surface area (Å²) in [5.74, 6) is 0. The molecule has 0 unspecified atom stereocenters. The van der Waals surface area contributed by atoms with E-state index >= 15 is 0 Å². The molecule has 1 heterocycles. The number of benzene rings is 1. The number of aryl methyl sites for hydroxylation is 1. The normalized spacial score (nSPS) is 14.4. The topological polar surface area (TPSA) is 28.2 Å². The Morgan fingerprint density at radius 2 is 2.14 bits per heavy atom. The zero-order chi connectivity index (χ0) is 14.8. The standard InChI is InChI=1S/C16H20BrN3S/c1-11-15(9-18-13-7-8-13)21-16(19-11)20(2)10-12-5-3-4-6-14(12)17/h3-6,13,18H,7-10H2,1-2H3. The smallest absolute Gasteiger partial charge is 0.185 e. The van der Waals surface area contributed by atoms with Crippen molar-refractivity contribution in [1.29, 1.82) is 0 Å². The molecule has 3 rings (SSSR count). The number of rotatable bonds is 6. The molecule has 0 bridgehead atoms. The summed E-state index contributed by atoms with van der Waals surface area (Å²) in [6.45, 7) is 3.93. The minimum atomic E-state index is 0.743. The summed E-state index contributed by atoms with van der Waals surface area (Å²) >= 11 is 5.41. The van der Waals surface area contributed by atoms with Crippen molar-refractivity contribution in [1.82, 2.24) is 10.3 Å². The Kier molecular flexibility index (Phi) is 4.62. The van der Waals surface area contributed by atoms with Crippen molar-refractivity contribution in [2.24, 2.45) is 0 Å². The zero-order valence-corrected chi connectivity index (χ0v) is 14.8. The molecule has 21 heavy (non-hydrogen) atoms. The number of nitrogens with zero attached hydrogens (tertiary/aromatic N) is 2. The Hall–Kier alpha value is -0.910. The van der Waals surface area contributed by atoms with Crippen LogP contribution in [0.5, 0.6) is 0 Å². The van der Waals surface area contributed by atoms with Gasteiger partial charge >= 0.3 is 0 Å². The van der Waals surface area contributed by atoms with Crippen molar-refractivity contribution in [3.8, 4) is 0 Å². The molecule has 0 spiro atoms. The fourth-order valence-electron chi connectivity index (χ4n) is 2.21. The maximum absolute atomic E-state index is 4.72. The average Bonchev–Trinajstić information content (AvgIpc) is 3.22. The van der Waals surface area contributed by atoms with Gasteiger partial charge in [0.25, 0.3) is 0 Å². The number of hydrogen-bond donors (Lipinski definition) is 1. The number of hydrogen-bond acceptors (Lipinski definition) is 4. The molecular formula is C16H20BrN3S. The molecule has 2 aromatic rings. The zero-order valence-electron chi connectivity index (χ0n) is 12.4. The minimum absolute atomic E-state index is 0.743. The van der Waals surface area contributed by atoms with E-state index < -0.39 is 0 Å². The van der Waals surface area contributed by atoms with Crippen molar-refractivity contribution in [3.63, 3.8) is 0 Å². The van der Waals surface area contributed by atoms with E-state index in [1.165, 1.54) is 23.3 Å². The van der Waals surface area contributed by atoms with Crippen molar-refractivity contribution < 1.29 is 0 Å². The molecule has 1 saturated carbocycles. The third kappa shape index (κ3) is 3.84. The first-order chi connectivity index (χ1) is 10.1. The second kappa shape index (κ2) is 6.46. The molecule has 0 amide bonds. The van der Waals surface area contributed by atoms with E-state index in [9.17, 15) is 0 Å². The average molecular weight is 366 g/mol. The molecule has 0 aliphatic heterocycles. The van der Waals surface area contributed by atoms with E-state index in [1.54, 1.807) is 11.3 Å². The van der Waals surface area contributed by atoms with Crippen LogP contribution in [-0.2, 0) is 13.1 Å². The van der Waals surface area contributed by atoms with Crippen LogP contribution in [0.2, 0.25) is 0 Å². The highest BCUT2D eigenvalue weighted by atomic mass is 79.9. The molecule has 1 aromatic heterocycles. The summed E-state index contributed by atoms with van der Waals surface area (Å²) in [4.78, 5) is 8.30. The second-order valence-electron chi connectivity index (χ2n) is 5.61. The first-order valence-corrected chi connectivity index (χ1v) is 8.88. The van der Waals surface area contributed by atoms with Gasteiger partial charge in [-0.05, 0) is 31.4 Å². The van der Waals surface area contributed by atoms with Gasteiger partial charge in [0.15, 0.2) is 5.13 Å². The van der Waals surface area contributed by atoms with Gasteiger partial charge in [0.05, 0.1) is 5.69 Å². The van der Waals surface area contributed by atoms with Gasteiger partial charge in [-0.1, -0.05) is 34.1 Å². The Morgan fingerprint density at radius 1 is 1.38 bits per heavy atom. The SMILES string of the molecule is Cc1nc(N(C)Cc2ccccc2Br)sc1CNC1CC1. The lowest BCUT2D eigenvalue weighted by Gasteiger charge is -2.16. The summed E-state index contributed by atoms with van der Waals surface area (Å²) in [5.41, 5.74) is 2.44. The Labute approximate surface area is 138 Å². The van der Waals surface area contributed by atoms with Crippen LogP contribution in [0, 0.1) is 6.92 Å². The van der Waals surface area contributed by atoms with Gasteiger partial charge < -0.3 is 10.2 Å². The van der Waals surface area contributed by atoms with Crippen molar-refractivity contribution >= 4 is 32.4 Å². The van der Waals surface area contributed by atoms with Crippen LogP contribution >= 0.6 is 27.3 Å². The quantitative estimate of drug-likeness (QED) is 0.834. The molecule has 1 fully saturated rings. The molecular weight excluding hydrogens is 346 g/mol. The van der Waals surface area contributed by atoms with Crippen LogP contribution in [0.1, 0.15) is 29.0 Å². The summed E-state index contributed by atoms with van der Waals surface area (Å²) in [7, 11) is 2.11. The van der Waals surface area contributed by atoms with Gasteiger partial charge in [-0.15, -0.1) is 11.3 Å².